The number of esters is 1. The second kappa shape index (κ2) is 6.76. The van der Waals surface area contributed by atoms with Crippen LogP contribution in [0.25, 0.3) is 10.9 Å². The Hall–Kier alpha value is -0.810. The molecule has 1 aromatic carbocycles. The molecule has 0 spiro atoms. The van der Waals surface area contributed by atoms with E-state index in [4.69, 9.17) is 4.74 Å². The SMILES string of the molecule is CCOC(=O)c1[nH]c2c(Br)c(C)ccc2c1CCCBr.[HH]. The summed E-state index contributed by atoms with van der Waals surface area (Å²) in [4.78, 5) is 15.3. The Morgan fingerprint density at radius 1 is 1.45 bits per heavy atom. The highest BCUT2D eigenvalue weighted by Crippen LogP contribution is 2.32. The molecular weight excluding hydrogens is 386 g/mol. The van der Waals surface area contributed by atoms with E-state index in [9.17, 15) is 4.79 Å². The fourth-order valence-electron chi connectivity index (χ4n) is 2.27. The quantitative estimate of drug-likeness (QED) is 0.563. The summed E-state index contributed by atoms with van der Waals surface area (Å²) < 4.78 is 6.16. The van der Waals surface area contributed by atoms with E-state index >= 15 is 0 Å². The molecule has 0 aliphatic heterocycles. The number of halogens is 2. The maximum Gasteiger partial charge on any atom is 0.355 e. The molecule has 0 aliphatic carbocycles. The summed E-state index contributed by atoms with van der Waals surface area (Å²) in [5, 5.41) is 2.00. The Balaban J connectivity index is 0.00000220. The predicted octanol–water partition coefficient (Wildman–Crippen LogP) is 4.99. The van der Waals surface area contributed by atoms with Crippen LogP contribution < -0.4 is 0 Å². The van der Waals surface area contributed by atoms with E-state index in [2.05, 4.69) is 49.0 Å². The average molecular weight is 405 g/mol. The Labute approximate surface area is 136 Å². The number of benzene rings is 1. The zero-order valence-electron chi connectivity index (χ0n) is 11.6. The number of hydrogen-bond acceptors (Lipinski definition) is 2. The van der Waals surface area contributed by atoms with Crippen molar-refractivity contribution in [2.45, 2.75) is 26.7 Å². The van der Waals surface area contributed by atoms with Crippen molar-refractivity contribution in [2.24, 2.45) is 0 Å². The number of H-pyrrole nitrogens is 1. The van der Waals surface area contributed by atoms with E-state index in [0.29, 0.717) is 12.3 Å². The van der Waals surface area contributed by atoms with E-state index in [0.717, 1.165) is 44.7 Å². The van der Waals surface area contributed by atoms with Gasteiger partial charge in [0.05, 0.1) is 12.1 Å². The number of ether oxygens (including phenoxy) is 1. The fourth-order valence-corrected chi connectivity index (χ4v) is 3.00. The third-order valence-electron chi connectivity index (χ3n) is 3.25. The van der Waals surface area contributed by atoms with Crippen LogP contribution in [0.5, 0.6) is 0 Å². The topological polar surface area (TPSA) is 42.1 Å². The van der Waals surface area contributed by atoms with Gasteiger partial charge in [0.15, 0.2) is 0 Å². The fraction of sp³-hybridized carbons (Fsp3) is 0.400. The van der Waals surface area contributed by atoms with Crippen LogP contribution in [0.3, 0.4) is 0 Å². The molecule has 3 nitrogen and oxygen atoms in total. The number of hydrogen-bond donors (Lipinski definition) is 1. The van der Waals surface area contributed by atoms with Crippen LogP contribution in [0.2, 0.25) is 0 Å². The van der Waals surface area contributed by atoms with Gasteiger partial charge in [0.25, 0.3) is 0 Å². The van der Waals surface area contributed by atoms with Gasteiger partial charge in [-0.05, 0) is 53.7 Å². The Morgan fingerprint density at radius 3 is 2.85 bits per heavy atom. The van der Waals surface area contributed by atoms with Crippen LogP contribution in [-0.4, -0.2) is 22.9 Å². The van der Waals surface area contributed by atoms with Crippen LogP contribution in [0.1, 0.15) is 36.4 Å². The highest BCUT2D eigenvalue weighted by atomic mass is 79.9. The van der Waals surface area contributed by atoms with Gasteiger partial charge in [0.2, 0.25) is 0 Å². The first-order chi connectivity index (χ1) is 9.60. The van der Waals surface area contributed by atoms with Gasteiger partial charge in [-0.1, -0.05) is 28.1 Å². The Morgan fingerprint density at radius 2 is 2.20 bits per heavy atom. The van der Waals surface area contributed by atoms with Gasteiger partial charge < -0.3 is 9.72 Å². The lowest BCUT2D eigenvalue weighted by atomic mass is 10.0. The highest BCUT2D eigenvalue weighted by molar-refractivity contribution is 9.10. The molecular formula is C15H19Br2NO2. The molecule has 0 saturated heterocycles. The van der Waals surface area contributed by atoms with Gasteiger partial charge in [0.1, 0.15) is 5.69 Å². The lowest BCUT2D eigenvalue weighted by molar-refractivity contribution is 0.0519. The minimum atomic E-state index is -0.280. The first-order valence-electron chi connectivity index (χ1n) is 6.62. The minimum Gasteiger partial charge on any atom is -0.461 e. The molecule has 0 bridgehead atoms. The first-order valence-corrected chi connectivity index (χ1v) is 8.54. The lowest BCUT2D eigenvalue weighted by Crippen LogP contribution is -2.08. The number of nitrogens with one attached hydrogen (secondary N) is 1. The van der Waals surface area contributed by atoms with Crippen molar-refractivity contribution < 1.29 is 11.0 Å². The molecule has 1 heterocycles. The van der Waals surface area contributed by atoms with Crippen LogP contribution >= 0.6 is 31.9 Å². The number of aryl methyl sites for hydroxylation is 2. The predicted molar refractivity (Wildman–Crippen MR) is 90.9 cm³/mol. The van der Waals surface area contributed by atoms with Crippen molar-refractivity contribution in [1.82, 2.24) is 4.98 Å². The van der Waals surface area contributed by atoms with Crippen molar-refractivity contribution in [1.29, 1.82) is 0 Å². The first kappa shape index (κ1) is 15.6. The zero-order chi connectivity index (χ0) is 14.7. The molecule has 20 heavy (non-hydrogen) atoms. The van der Waals surface area contributed by atoms with Crippen LogP contribution in [0.15, 0.2) is 16.6 Å². The minimum absolute atomic E-state index is 0. The lowest BCUT2D eigenvalue weighted by Gasteiger charge is -2.04. The third-order valence-corrected chi connectivity index (χ3v) is 4.83. The second-order valence-corrected chi connectivity index (χ2v) is 6.20. The summed E-state index contributed by atoms with van der Waals surface area (Å²) in [5.41, 5.74) is 3.73. The van der Waals surface area contributed by atoms with Gasteiger partial charge in [-0.15, -0.1) is 0 Å². The Kier molecular flexibility index (Phi) is 5.27. The summed E-state index contributed by atoms with van der Waals surface area (Å²) in [6, 6.07) is 4.13. The van der Waals surface area contributed by atoms with E-state index < -0.39 is 0 Å². The van der Waals surface area contributed by atoms with Gasteiger partial charge in [-0.2, -0.15) is 0 Å². The highest BCUT2D eigenvalue weighted by Gasteiger charge is 2.20. The molecule has 2 rings (SSSR count). The summed E-state index contributed by atoms with van der Waals surface area (Å²) in [5.74, 6) is -0.280. The molecule has 0 atom stereocenters. The van der Waals surface area contributed by atoms with Crippen molar-refractivity contribution in [3.63, 3.8) is 0 Å². The summed E-state index contributed by atoms with van der Waals surface area (Å²) in [6.45, 7) is 4.23. The van der Waals surface area contributed by atoms with Gasteiger partial charge in [-0.25, -0.2) is 4.79 Å². The van der Waals surface area contributed by atoms with E-state index in [1.807, 2.05) is 13.8 Å². The number of fused-ring (bicyclic) bond motifs is 1. The summed E-state index contributed by atoms with van der Waals surface area (Å²) >= 11 is 7.03. The van der Waals surface area contributed by atoms with E-state index in [1.54, 1.807) is 0 Å². The normalized spacial score (nSPS) is 11.0. The monoisotopic (exact) mass is 403 g/mol. The van der Waals surface area contributed by atoms with Crippen molar-refractivity contribution in [3.8, 4) is 0 Å². The second-order valence-electron chi connectivity index (χ2n) is 4.61. The van der Waals surface area contributed by atoms with Crippen molar-refractivity contribution in [2.75, 3.05) is 11.9 Å². The Bertz CT molecular complexity index is 640. The van der Waals surface area contributed by atoms with Crippen molar-refractivity contribution >= 4 is 48.7 Å². The molecule has 5 heteroatoms. The zero-order valence-corrected chi connectivity index (χ0v) is 14.7. The molecule has 0 radical (unpaired) electrons. The number of carbonyl (C=O) groups is 1. The molecule has 0 aliphatic rings. The van der Waals surface area contributed by atoms with E-state index in [1.165, 1.54) is 0 Å². The molecule has 0 saturated carbocycles. The number of rotatable bonds is 5. The molecule has 0 unspecified atom stereocenters. The van der Waals surface area contributed by atoms with Crippen LogP contribution in [-0.2, 0) is 11.2 Å². The molecule has 2 aromatic rings. The van der Waals surface area contributed by atoms with E-state index in [-0.39, 0.29) is 7.40 Å². The maximum absolute atomic E-state index is 12.1. The standard InChI is InChI=1S/C15H17Br2NO2.H2/c1-3-20-15(19)14-10(5-4-8-16)11-7-6-9(2)12(17)13(11)18-14;/h6-7,18H,3-5,8H2,1-2H3;1H. The van der Waals surface area contributed by atoms with Gasteiger partial charge >= 0.3 is 5.97 Å². The smallest absolute Gasteiger partial charge is 0.355 e. The molecule has 110 valence electrons. The third kappa shape index (κ3) is 2.93. The van der Waals surface area contributed by atoms with Crippen LogP contribution in [0.4, 0.5) is 0 Å². The largest absolute Gasteiger partial charge is 0.461 e. The number of aromatic amines is 1. The number of aromatic nitrogens is 1. The van der Waals surface area contributed by atoms with Gasteiger partial charge in [0, 0.05) is 16.6 Å². The van der Waals surface area contributed by atoms with Crippen LogP contribution in [0, 0.1) is 6.92 Å². The van der Waals surface area contributed by atoms with Crippen molar-refractivity contribution in [3.05, 3.63) is 33.4 Å². The number of alkyl halides is 1. The summed E-state index contributed by atoms with van der Waals surface area (Å²) in [7, 11) is 0. The molecule has 0 amide bonds. The average Bonchev–Trinajstić information content (AvgIpc) is 2.80. The maximum atomic E-state index is 12.1. The number of carbonyl (C=O) groups excluding carboxylic acids is 1. The molecule has 1 aromatic heterocycles. The molecule has 1 N–H and O–H groups in total. The summed E-state index contributed by atoms with van der Waals surface area (Å²) in [6.07, 6.45) is 1.82. The molecule has 0 fully saturated rings. The van der Waals surface area contributed by atoms with Gasteiger partial charge in [-0.3, -0.25) is 0 Å².